The van der Waals surface area contributed by atoms with Crippen LogP contribution in [0.15, 0.2) is 36.8 Å². The number of aromatic nitrogens is 4. The van der Waals surface area contributed by atoms with Crippen molar-refractivity contribution in [3.05, 3.63) is 63.1 Å². The number of benzene rings is 1. The van der Waals surface area contributed by atoms with Crippen molar-refractivity contribution in [1.82, 2.24) is 19.6 Å². The van der Waals surface area contributed by atoms with Gasteiger partial charge >= 0.3 is 0 Å². The summed E-state index contributed by atoms with van der Waals surface area (Å²) in [6.45, 7) is 2.37. The number of rotatable bonds is 5. The van der Waals surface area contributed by atoms with Gasteiger partial charge in [-0.1, -0.05) is 40.9 Å². The summed E-state index contributed by atoms with van der Waals surface area (Å²) in [5, 5.41) is 12.7. The zero-order valence-corrected chi connectivity index (χ0v) is 15.5. The Kier molecular flexibility index (Phi) is 5.32. The first-order chi connectivity index (χ1) is 11.9. The Morgan fingerprint density at radius 2 is 1.92 bits per heavy atom. The van der Waals surface area contributed by atoms with Crippen molar-refractivity contribution < 1.29 is 4.79 Å². The first-order valence-electron chi connectivity index (χ1n) is 7.36. The minimum atomic E-state index is -0.215. The van der Waals surface area contributed by atoms with Crippen LogP contribution in [0.1, 0.15) is 11.3 Å². The van der Waals surface area contributed by atoms with Gasteiger partial charge < -0.3 is 5.32 Å². The summed E-state index contributed by atoms with van der Waals surface area (Å²) in [6, 6.07) is 5.40. The highest BCUT2D eigenvalue weighted by Gasteiger charge is 2.09. The number of nitrogens with zero attached hydrogens (tertiary/aromatic N) is 4. The predicted molar refractivity (Wildman–Crippen MR) is 98.4 cm³/mol. The predicted octanol–water partition coefficient (Wildman–Crippen LogP) is 4.04. The van der Waals surface area contributed by atoms with Gasteiger partial charge in [-0.05, 0) is 24.6 Å². The summed E-state index contributed by atoms with van der Waals surface area (Å²) < 4.78 is 3.19. The fourth-order valence-electron chi connectivity index (χ4n) is 2.26. The third kappa shape index (κ3) is 4.54. The molecule has 1 N–H and O–H groups in total. The molecule has 0 aliphatic carbocycles. The van der Waals surface area contributed by atoms with E-state index < -0.39 is 0 Å². The van der Waals surface area contributed by atoms with Crippen LogP contribution in [0.2, 0.25) is 15.1 Å². The van der Waals surface area contributed by atoms with Crippen LogP contribution in [0.5, 0.6) is 0 Å². The van der Waals surface area contributed by atoms with E-state index in [-0.39, 0.29) is 12.5 Å². The van der Waals surface area contributed by atoms with Crippen LogP contribution >= 0.6 is 34.8 Å². The molecule has 9 heteroatoms. The first-order valence-corrected chi connectivity index (χ1v) is 8.50. The number of anilines is 1. The van der Waals surface area contributed by atoms with E-state index in [9.17, 15) is 4.79 Å². The molecule has 25 heavy (non-hydrogen) atoms. The van der Waals surface area contributed by atoms with Gasteiger partial charge in [0.2, 0.25) is 5.91 Å². The Bertz CT molecular complexity index is 899. The van der Waals surface area contributed by atoms with Gasteiger partial charge in [0, 0.05) is 12.4 Å². The van der Waals surface area contributed by atoms with Crippen LogP contribution in [0.3, 0.4) is 0 Å². The Morgan fingerprint density at radius 1 is 1.12 bits per heavy atom. The average Bonchev–Trinajstić information content (AvgIpc) is 3.09. The molecule has 0 atom stereocenters. The number of amides is 1. The number of aryl methyl sites for hydroxylation is 1. The van der Waals surface area contributed by atoms with Gasteiger partial charge in [0.15, 0.2) is 0 Å². The van der Waals surface area contributed by atoms with Crippen molar-refractivity contribution in [2.45, 2.75) is 20.0 Å². The Morgan fingerprint density at radius 3 is 2.60 bits per heavy atom. The highest BCUT2D eigenvalue weighted by molar-refractivity contribution is 6.42. The fraction of sp³-hybridized carbons (Fsp3) is 0.188. The zero-order chi connectivity index (χ0) is 18.0. The van der Waals surface area contributed by atoms with E-state index in [2.05, 4.69) is 15.5 Å². The molecule has 3 rings (SSSR count). The van der Waals surface area contributed by atoms with Crippen LogP contribution < -0.4 is 5.32 Å². The van der Waals surface area contributed by atoms with E-state index in [1.807, 2.05) is 6.07 Å². The van der Waals surface area contributed by atoms with Crippen molar-refractivity contribution in [2.24, 2.45) is 0 Å². The normalized spacial score (nSPS) is 10.9. The van der Waals surface area contributed by atoms with Crippen molar-refractivity contribution in [3.8, 4) is 0 Å². The van der Waals surface area contributed by atoms with E-state index in [1.54, 1.807) is 42.3 Å². The van der Waals surface area contributed by atoms with Crippen LogP contribution in [-0.4, -0.2) is 25.5 Å². The van der Waals surface area contributed by atoms with E-state index >= 15 is 0 Å². The molecule has 0 saturated carbocycles. The molecule has 0 aliphatic heterocycles. The van der Waals surface area contributed by atoms with E-state index in [1.165, 1.54) is 4.68 Å². The van der Waals surface area contributed by atoms with Gasteiger partial charge in [-0.15, -0.1) is 0 Å². The fourth-order valence-corrected chi connectivity index (χ4v) is 2.73. The summed E-state index contributed by atoms with van der Waals surface area (Å²) in [7, 11) is 0. The number of nitrogens with one attached hydrogen (secondary N) is 1. The van der Waals surface area contributed by atoms with Crippen LogP contribution in [0.4, 0.5) is 5.69 Å². The van der Waals surface area contributed by atoms with Gasteiger partial charge in [-0.25, -0.2) is 0 Å². The van der Waals surface area contributed by atoms with E-state index in [4.69, 9.17) is 34.8 Å². The van der Waals surface area contributed by atoms with E-state index in [0.717, 1.165) is 5.56 Å². The molecule has 2 aromatic heterocycles. The second-order valence-corrected chi connectivity index (χ2v) is 6.70. The van der Waals surface area contributed by atoms with Gasteiger partial charge in [0.25, 0.3) is 0 Å². The highest BCUT2D eigenvalue weighted by Crippen LogP contribution is 2.23. The molecule has 1 amide bonds. The van der Waals surface area contributed by atoms with Gasteiger partial charge in [0.05, 0.1) is 39.2 Å². The topological polar surface area (TPSA) is 64.7 Å². The second kappa shape index (κ2) is 7.47. The Labute approximate surface area is 159 Å². The lowest BCUT2D eigenvalue weighted by Crippen LogP contribution is -2.18. The smallest absolute Gasteiger partial charge is 0.246 e. The summed E-state index contributed by atoms with van der Waals surface area (Å²) in [5.74, 6) is -0.215. The molecule has 0 fully saturated rings. The minimum Gasteiger partial charge on any atom is -0.322 e. The minimum absolute atomic E-state index is 0.0749. The maximum atomic E-state index is 12.1. The number of carbonyl (C=O) groups is 1. The van der Waals surface area contributed by atoms with E-state index in [0.29, 0.717) is 33.0 Å². The molecule has 0 unspecified atom stereocenters. The van der Waals surface area contributed by atoms with Gasteiger partial charge in [0.1, 0.15) is 6.54 Å². The standard InChI is InChI=1S/C16H14Cl3N5O/c1-10-15(19)8-24(22-10)9-16(25)21-12-5-20-23(7-12)6-11-2-3-13(17)14(18)4-11/h2-5,7-8H,6,9H2,1H3,(H,21,25). The highest BCUT2D eigenvalue weighted by atomic mass is 35.5. The number of carbonyl (C=O) groups excluding carboxylic acids is 1. The summed E-state index contributed by atoms with van der Waals surface area (Å²) in [5.41, 5.74) is 2.24. The van der Waals surface area contributed by atoms with Crippen molar-refractivity contribution in [1.29, 1.82) is 0 Å². The molecular weight excluding hydrogens is 385 g/mol. The Balaban J connectivity index is 1.61. The summed E-state index contributed by atoms with van der Waals surface area (Å²) in [6.07, 6.45) is 4.93. The van der Waals surface area contributed by atoms with Crippen molar-refractivity contribution in [2.75, 3.05) is 5.32 Å². The molecule has 0 radical (unpaired) electrons. The van der Waals surface area contributed by atoms with Crippen molar-refractivity contribution in [3.63, 3.8) is 0 Å². The van der Waals surface area contributed by atoms with Crippen LogP contribution in [0.25, 0.3) is 0 Å². The van der Waals surface area contributed by atoms with Crippen LogP contribution in [-0.2, 0) is 17.9 Å². The number of hydrogen-bond donors (Lipinski definition) is 1. The molecule has 130 valence electrons. The van der Waals surface area contributed by atoms with Crippen LogP contribution in [0, 0.1) is 6.92 Å². The molecular formula is C16H14Cl3N5O. The monoisotopic (exact) mass is 397 g/mol. The third-order valence-corrected chi connectivity index (χ3v) is 4.55. The summed E-state index contributed by atoms with van der Waals surface area (Å²) in [4.78, 5) is 12.1. The van der Waals surface area contributed by atoms with Gasteiger partial charge in [-0.2, -0.15) is 10.2 Å². The lowest BCUT2D eigenvalue weighted by Gasteiger charge is -2.04. The SMILES string of the molecule is Cc1nn(CC(=O)Nc2cnn(Cc3ccc(Cl)c(Cl)c3)c2)cc1Cl. The summed E-state index contributed by atoms with van der Waals surface area (Å²) >= 11 is 17.8. The quantitative estimate of drug-likeness (QED) is 0.705. The van der Waals surface area contributed by atoms with Gasteiger partial charge in [-0.3, -0.25) is 14.2 Å². The molecule has 0 spiro atoms. The second-order valence-electron chi connectivity index (χ2n) is 5.48. The number of hydrogen-bond acceptors (Lipinski definition) is 3. The maximum Gasteiger partial charge on any atom is 0.246 e. The molecule has 1 aromatic carbocycles. The first kappa shape index (κ1) is 17.8. The molecule has 0 aliphatic rings. The molecule has 0 saturated heterocycles. The molecule has 0 bridgehead atoms. The average molecular weight is 399 g/mol. The molecule has 6 nitrogen and oxygen atoms in total. The largest absolute Gasteiger partial charge is 0.322 e. The Hall–Kier alpha value is -2.02. The number of halogens is 3. The molecule has 3 aromatic rings. The lowest BCUT2D eigenvalue weighted by atomic mass is 10.2. The lowest BCUT2D eigenvalue weighted by molar-refractivity contribution is -0.116. The zero-order valence-electron chi connectivity index (χ0n) is 13.2. The molecule has 2 heterocycles. The third-order valence-electron chi connectivity index (χ3n) is 3.44. The maximum absolute atomic E-state index is 12.1. The van der Waals surface area contributed by atoms with Crippen molar-refractivity contribution >= 4 is 46.4 Å².